The van der Waals surface area contributed by atoms with Gasteiger partial charge in [-0.15, -0.1) is 0 Å². The van der Waals surface area contributed by atoms with Crippen LogP contribution in [0.15, 0.2) is 77.9 Å². The fourth-order valence-corrected chi connectivity index (χ4v) is 2.85. The first-order valence-corrected chi connectivity index (χ1v) is 11.1. The van der Waals surface area contributed by atoms with E-state index in [9.17, 15) is 4.79 Å². The molecular weight excluding hydrogens is 440 g/mol. The molecule has 1 amide bonds. The molecule has 0 spiro atoms. The van der Waals surface area contributed by atoms with Gasteiger partial charge < -0.3 is 14.2 Å². The highest BCUT2D eigenvalue weighted by Crippen LogP contribution is 2.18. The lowest BCUT2D eigenvalue weighted by Gasteiger charge is -2.08. The molecule has 0 fully saturated rings. The highest BCUT2D eigenvalue weighted by Gasteiger charge is 2.02. The zero-order chi connectivity index (χ0) is 23.3. The number of halogens is 1. The van der Waals surface area contributed by atoms with Crippen molar-refractivity contribution >= 4 is 23.7 Å². The number of nitrogens with zero attached hydrogens (tertiary/aromatic N) is 1. The monoisotopic (exact) mass is 466 g/mol. The van der Waals surface area contributed by atoms with Gasteiger partial charge in [0.25, 0.3) is 5.91 Å². The van der Waals surface area contributed by atoms with E-state index in [0.29, 0.717) is 24.0 Å². The molecular formula is C26H27ClN2O4. The van der Waals surface area contributed by atoms with E-state index in [0.717, 1.165) is 35.5 Å². The second-order valence-corrected chi connectivity index (χ2v) is 7.68. The molecule has 0 heterocycles. The first-order valence-electron chi connectivity index (χ1n) is 10.8. The molecule has 0 unspecified atom stereocenters. The normalized spacial score (nSPS) is 10.7. The van der Waals surface area contributed by atoms with Crippen LogP contribution in [0.3, 0.4) is 0 Å². The Bertz CT molecular complexity index is 1020. The largest absolute Gasteiger partial charge is 0.494 e. The van der Waals surface area contributed by atoms with Crippen LogP contribution in [-0.4, -0.2) is 25.3 Å². The van der Waals surface area contributed by atoms with Gasteiger partial charge in [-0.2, -0.15) is 5.10 Å². The fourth-order valence-electron chi connectivity index (χ4n) is 2.72. The summed E-state index contributed by atoms with van der Waals surface area (Å²) in [6, 6.07) is 22.1. The fraction of sp³-hybridized carbons (Fsp3) is 0.231. The van der Waals surface area contributed by atoms with Gasteiger partial charge in [-0.1, -0.05) is 37.1 Å². The third-order valence-electron chi connectivity index (χ3n) is 4.56. The van der Waals surface area contributed by atoms with Crippen molar-refractivity contribution in [3.8, 4) is 17.2 Å². The molecule has 0 aliphatic heterocycles. The van der Waals surface area contributed by atoms with Crippen LogP contribution >= 0.6 is 11.6 Å². The lowest BCUT2D eigenvalue weighted by Crippen LogP contribution is -2.24. The van der Waals surface area contributed by atoms with E-state index in [-0.39, 0.29) is 12.5 Å². The number of hydrazone groups is 1. The number of benzene rings is 3. The van der Waals surface area contributed by atoms with Crippen LogP contribution in [0.1, 0.15) is 30.9 Å². The number of carbonyl (C=O) groups excluding carboxylic acids is 1. The van der Waals surface area contributed by atoms with Gasteiger partial charge in [0.15, 0.2) is 6.61 Å². The van der Waals surface area contributed by atoms with E-state index in [1.807, 2.05) is 60.7 Å². The number of amides is 1. The van der Waals surface area contributed by atoms with Crippen molar-refractivity contribution in [2.75, 3.05) is 13.2 Å². The average Bonchev–Trinajstić information content (AvgIpc) is 2.84. The summed E-state index contributed by atoms with van der Waals surface area (Å²) in [7, 11) is 0. The Kier molecular flexibility index (Phi) is 9.61. The standard InChI is InChI=1S/C26H27ClN2O4/c1-2-3-16-31-23-12-14-25(15-13-23)33-19-26(30)29-28-17-20-6-10-24(11-7-20)32-18-21-4-8-22(27)9-5-21/h4-15,17H,2-3,16,18-19H2,1H3,(H,29,30)/b28-17-. The van der Waals surface area contributed by atoms with Crippen molar-refractivity contribution in [1.82, 2.24) is 5.43 Å². The van der Waals surface area contributed by atoms with Crippen LogP contribution in [-0.2, 0) is 11.4 Å². The van der Waals surface area contributed by atoms with E-state index < -0.39 is 0 Å². The molecule has 0 aliphatic carbocycles. The highest BCUT2D eigenvalue weighted by molar-refractivity contribution is 6.30. The molecule has 6 nitrogen and oxygen atoms in total. The molecule has 0 saturated carbocycles. The summed E-state index contributed by atoms with van der Waals surface area (Å²) in [6.07, 6.45) is 3.66. The molecule has 0 bridgehead atoms. The Morgan fingerprint density at radius 3 is 2.15 bits per heavy atom. The molecule has 1 N–H and O–H groups in total. The van der Waals surface area contributed by atoms with Crippen molar-refractivity contribution in [3.05, 3.63) is 88.9 Å². The molecule has 0 aliphatic rings. The number of nitrogens with one attached hydrogen (secondary N) is 1. The number of ether oxygens (including phenoxy) is 3. The molecule has 33 heavy (non-hydrogen) atoms. The third kappa shape index (κ3) is 8.86. The maximum atomic E-state index is 11.9. The minimum atomic E-state index is -0.350. The number of hydrogen-bond donors (Lipinski definition) is 1. The van der Waals surface area contributed by atoms with E-state index in [1.165, 1.54) is 0 Å². The number of rotatable bonds is 12. The van der Waals surface area contributed by atoms with Crippen molar-refractivity contribution in [2.24, 2.45) is 5.10 Å². The Morgan fingerprint density at radius 1 is 0.879 bits per heavy atom. The summed E-state index contributed by atoms with van der Waals surface area (Å²) < 4.78 is 16.8. The first kappa shape index (κ1) is 24.1. The average molecular weight is 467 g/mol. The highest BCUT2D eigenvalue weighted by atomic mass is 35.5. The van der Waals surface area contributed by atoms with Crippen LogP contribution in [0.25, 0.3) is 0 Å². The van der Waals surface area contributed by atoms with Gasteiger partial charge in [0.05, 0.1) is 12.8 Å². The van der Waals surface area contributed by atoms with Crippen LogP contribution in [0.5, 0.6) is 17.2 Å². The number of carbonyl (C=O) groups is 1. The molecule has 3 rings (SSSR count). The summed E-state index contributed by atoms with van der Waals surface area (Å²) in [6.45, 7) is 3.13. The van der Waals surface area contributed by atoms with Gasteiger partial charge in [-0.3, -0.25) is 4.79 Å². The number of hydrogen-bond acceptors (Lipinski definition) is 5. The molecule has 7 heteroatoms. The number of unbranched alkanes of at least 4 members (excludes halogenated alkanes) is 1. The van der Waals surface area contributed by atoms with Crippen LogP contribution in [0.2, 0.25) is 5.02 Å². The van der Waals surface area contributed by atoms with Gasteiger partial charge >= 0.3 is 0 Å². The van der Waals surface area contributed by atoms with Gasteiger partial charge in [-0.25, -0.2) is 5.43 Å². The van der Waals surface area contributed by atoms with E-state index in [2.05, 4.69) is 17.5 Å². The zero-order valence-corrected chi connectivity index (χ0v) is 19.3. The Morgan fingerprint density at radius 2 is 1.48 bits per heavy atom. The Balaban J connectivity index is 1.36. The van der Waals surface area contributed by atoms with Gasteiger partial charge in [0, 0.05) is 5.02 Å². The summed E-state index contributed by atoms with van der Waals surface area (Å²) in [5.41, 5.74) is 4.31. The maximum Gasteiger partial charge on any atom is 0.277 e. The molecule has 172 valence electrons. The topological polar surface area (TPSA) is 69.2 Å². The first-order chi connectivity index (χ1) is 16.1. The van der Waals surface area contributed by atoms with E-state index >= 15 is 0 Å². The minimum absolute atomic E-state index is 0.134. The van der Waals surface area contributed by atoms with E-state index in [4.69, 9.17) is 25.8 Å². The molecule has 0 atom stereocenters. The molecule has 0 saturated heterocycles. The van der Waals surface area contributed by atoms with Crippen LogP contribution in [0, 0.1) is 0 Å². The second kappa shape index (κ2) is 13.1. The molecule has 3 aromatic rings. The Labute approximate surface area is 199 Å². The summed E-state index contributed by atoms with van der Waals surface area (Å²) in [5.74, 6) is 1.76. The van der Waals surface area contributed by atoms with Gasteiger partial charge in [-0.05, 0) is 78.2 Å². The quantitative estimate of drug-likeness (QED) is 0.213. The van der Waals surface area contributed by atoms with Gasteiger partial charge in [0.2, 0.25) is 0 Å². The van der Waals surface area contributed by atoms with Crippen molar-refractivity contribution in [2.45, 2.75) is 26.4 Å². The van der Waals surface area contributed by atoms with Crippen molar-refractivity contribution in [1.29, 1.82) is 0 Å². The summed E-state index contributed by atoms with van der Waals surface area (Å²) in [5, 5.41) is 4.66. The van der Waals surface area contributed by atoms with Crippen LogP contribution < -0.4 is 19.6 Å². The summed E-state index contributed by atoms with van der Waals surface area (Å²) >= 11 is 5.89. The second-order valence-electron chi connectivity index (χ2n) is 7.24. The van der Waals surface area contributed by atoms with E-state index in [1.54, 1.807) is 18.3 Å². The minimum Gasteiger partial charge on any atom is -0.494 e. The molecule has 3 aromatic carbocycles. The van der Waals surface area contributed by atoms with Crippen molar-refractivity contribution in [3.63, 3.8) is 0 Å². The van der Waals surface area contributed by atoms with Crippen molar-refractivity contribution < 1.29 is 19.0 Å². The maximum absolute atomic E-state index is 11.9. The lowest BCUT2D eigenvalue weighted by atomic mass is 10.2. The third-order valence-corrected chi connectivity index (χ3v) is 4.81. The predicted molar refractivity (Wildman–Crippen MR) is 130 cm³/mol. The predicted octanol–water partition coefficient (Wildman–Crippen LogP) is 5.63. The molecule has 0 aromatic heterocycles. The molecule has 0 radical (unpaired) electrons. The van der Waals surface area contributed by atoms with Gasteiger partial charge in [0.1, 0.15) is 23.9 Å². The summed E-state index contributed by atoms with van der Waals surface area (Å²) in [4.78, 5) is 11.9. The smallest absolute Gasteiger partial charge is 0.277 e. The Hall–Kier alpha value is -3.51. The van der Waals surface area contributed by atoms with Crippen LogP contribution in [0.4, 0.5) is 0 Å². The zero-order valence-electron chi connectivity index (χ0n) is 18.5. The SMILES string of the molecule is CCCCOc1ccc(OCC(=O)N/N=C\c2ccc(OCc3ccc(Cl)cc3)cc2)cc1. The lowest BCUT2D eigenvalue weighted by molar-refractivity contribution is -0.123.